The number of carbonyl (C=O) groups is 1. The Morgan fingerprint density at radius 2 is 1.98 bits per heavy atom. The molecular weight excluding hydrogens is 565 g/mol. The van der Waals surface area contributed by atoms with Gasteiger partial charge in [-0.1, -0.05) is 11.6 Å². The number of piperazine rings is 1. The summed E-state index contributed by atoms with van der Waals surface area (Å²) in [5.41, 5.74) is 1.49. The van der Waals surface area contributed by atoms with Crippen molar-refractivity contribution in [2.75, 3.05) is 63.6 Å². The van der Waals surface area contributed by atoms with E-state index in [4.69, 9.17) is 25.8 Å². The number of halogens is 2. The number of carbonyl (C=O) groups excluding carboxylic acids is 1. The van der Waals surface area contributed by atoms with Crippen LogP contribution in [0.3, 0.4) is 0 Å². The first kappa shape index (κ1) is 30.1. The Morgan fingerprint density at radius 1 is 1.17 bits per heavy atom. The number of rotatable bonds is 10. The van der Waals surface area contributed by atoms with Crippen molar-refractivity contribution in [3.8, 4) is 17.1 Å². The average molecular weight is 600 g/mol. The number of aromatic nitrogens is 3. The van der Waals surface area contributed by atoms with E-state index >= 15 is 0 Å². The Hall–Kier alpha value is -3.42. The van der Waals surface area contributed by atoms with E-state index in [0.29, 0.717) is 41.8 Å². The quantitative estimate of drug-likeness (QED) is 0.352. The first-order valence-corrected chi connectivity index (χ1v) is 14.2. The largest absolute Gasteiger partial charge is 0.472 e. The summed E-state index contributed by atoms with van der Waals surface area (Å²) in [4.78, 5) is 21.5. The van der Waals surface area contributed by atoms with Crippen molar-refractivity contribution in [3.63, 3.8) is 0 Å². The molecule has 2 fully saturated rings. The Bertz CT molecular complexity index is 1400. The van der Waals surface area contributed by atoms with Gasteiger partial charge in [0, 0.05) is 67.7 Å². The number of anilines is 3. The molecule has 13 heteroatoms. The normalized spacial score (nSPS) is 19.0. The van der Waals surface area contributed by atoms with Gasteiger partial charge >= 0.3 is 0 Å². The van der Waals surface area contributed by atoms with Crippen molar-refractivity contribution >= 4 is 34.7 Å². The average Bonchev–Trinajstić information content (AvgIpc) is 3.32. The van der Waals surface area contributed by atoms with Gasteiger partial charge in [-0.3, -0.25) is 4.79 Å². The third kappa shape index (κ3) is 8.11. The van der Waals surface area contributed by atoms with E-state index in [1.54, 1.807) is 24.4 Å². The van der Waals surface area contributed by atoms with Crippen molar-refractivity contribution in [3.05, 3.63) is 53.4 Å². The Balaban J connectivity index is 1.30. The number of ether oxygens (including phenoxy) is 3. The molecule has 1 amide bonds. The van der Waals surface area contributed by atoms with Crippen LogP contribution < -0.4 is 15.4 Å². The lowest BCUT2D eigenvalue weighted by Crippen LogP contribution is -2.45. The van der Waals surface area contributed by atoms with Crippen molar-refractivity contribution < 1.29 is 23.4 Å². The Morgan fingerprint density at radius 3 is 2.74 bits per heavy atom. The molecule has 1 unspecified atom stereocenters. The van der Waals surface area contributed by atoms with E-state index in [-0.39, 0.29) is 35.8 Å². The SMILES string of the molecule is CN1CCN(CCC(=O)Nc2cc(Nc3cc(-c4cc(Cl)ccc4F)nnc3OCC3COC(C)(C)O3)ccn2)CC1. The molecule has 2 aromatic heterocycles. The van der Waals surface area contributed by atoms with Gasteiger partial charge in [-0.2, -0.15) is 0 Å². The van der Waals surface area contributed by atoms with Gasteiger partial charge in [0.1, 0.15) is 30.0 Å². The van der Waals surface area contributed by atoms with E-state index < -0.39 is 11.6 Å². The molecule has 1 atom stereocenters. The number of nitrogens with one attached hydrogen (secondary N) is 2. The summed E-state index contributed by atoms with van der Waals surface area (Å²) in [5, 5.41) is 14.9. The first-order chi connectivity index (χ1) is 20.1. The minimum Gasteiger partial charge on any atom is -0.472 e. The molecule has 5 rings (SSSR count). The molecule has 11 nitrogen and oxygen atoms in total. The molecule has 2 N–H and O–H groups in total. The minimum absolute atomic E-state index is 0.117. The fourth-order valence-electron chi connectivity index (χ4n) is 4.69. The zero-order valence-corrected chi connectivity index (χ0v) is 24.7. The van der Waals surface area contributed by atoms with Gasteiger partial charge in [0.25, 0.3) is 5.88 Å². The molecule has 0 saturated carbocycles. The van der Waals surface area contributed by atoms with E-state index in [2.05, 4.69) is 42.7 Å². The Labute approximate surface area is 249 Å². The van der Waals surface area contributed by atoms with Crippen LogP contribution in [0.25, 0.3) is 11.3 Å². The van der Waals surface area contributed by atoms with Crippen LogP contribution in [0.2, 0.25) is 5.02 Å². The molecule has 0 radical (unpaired) electrons. The molecule has 2 aliphatic heterocycles. The second-order valence-electron chi connectivity index (χ2n) is 10.8. The summed E-state index contributed by atoms with van der Waals surface area (Å²) in [7, 11) is 2.10. The van der Waals surface area contributed by atoms with Gasteiger partial charge in [-0.25, -0.2) is 9.37 Å². The van der Waals surface area contributed by atoms with Crippen LogP contribution in [0.4, 0.5) is 21.6 Å². The molecule has 4 heterocycles. The van der Waals surface area contributed by atoms with Gasteiger partial charge in [-0.05, 0) is 51.2 Å². The highest BCUT2D eigenvalue weighted by Crippen LogP contribution is 2.32. The number of nitrogens with zero attached hydrogens (tertiary/aromatic N) is 5. The minimum atomic E-state index is -0.697. The standard InChI is InChI=1S/C29H35ClFN7O4/c1-29(2)41-18-21(42-29)17-40-28-25(16-24(35-36-28)22-14-19(30)4-5-23(22)31)33-20-6-8-32-26(15-20)34-27(39)7-9-38-12-10-37(3)11-13-38/h4-6,8,14-16,21H,7,9-13,17-18H2,1-3H3,(H2,32,33,34,35,39). The van der Waals surface area contributed by atoms with E-state index in [9.17, 15) is 9.18 Å². The maximum atomic E-state index is 14.7. The maximum absolute atomic E-state index is 14.7. The summed E-state index contributed by atoms with van der Waals surface area (Å²) in [6.07, 6.45) is 1.65. The number of amides is 1. The highest BCUT2D eigenvalue weighted by Gasteiger charge is 2.33. The molecule has 1 aromatic carbocycles. The van der Waals surface area contributed by atoms with Gasteiger partial charge in [0.2, 0.25) is 5.91 Å². The van der Waals surface area contributed by atoms with Gasteiger partial charge in [-0.15, -0.1) is 10.2 Å². The predicted molar refractivity (Wildman–Crippen MR) is 158 cm³/mol. The molecule has 2 saturated heterocycles. The van der Waals surface area contributed by atoms with Crippen molar-refractivity contribution in [2.24, 2.45) is 0 Å². The lowest BCUT2D eigenvalue weighted by atomic mass is 10.1. The topological polar surface area (TPSA) is 114 Å². The van der Waals surface area contributed by atoms with Crippen LogP contribution in [0.1, 0.15) is 20.3 Å². The molecule has 3 aromatic rings. The molecule has 0 spiro atoms. The van der Waals surface area contributed by atoms with E-state index in [0.717, 1.165) is 26.2 Å². The summed E-state index contributed by atoms with van der Waals surface area (Å²) in [5.74, 6) is -0.722. The molecule has 0 aliphatic carbocycles. The lowest BCUT2D eigenvalue weighted by molar-refractivity contribution is -0.141. The third-order valence-electron chi connectivity index (χ3n) is 7.00. The second-order valence-corrected chi connectivity index (χ2v) is 11.3. The highest BCUT2D eigenvalue weighted by atomic mass is 35.5. The summed E-state index contributed by atoms with van der Waals surface area (Å²) < 4.78 is 32.1. The summed E-state index contributed by atoms with van der Waals surface area (Å²) in [6, 6.07) is 9.29. The van der Waals surface area contributed by atoms with Crippen molar-refractivity contribution in [1.82, 2.24) is 25.0 Å². The van der Waals surface area contributed by atoms with Gasteiger partial charge < -0.3 is 34.6 Å². The number of benzene rings is 1. The number of likely N-dealkylation sites (N-methyl/N-ethyl adjacent to an activating group) is 1. The number of hydrogen-bond donors (Lipinski definition) is 2. The monoisotopic (exact) mass is 599 g/mol. The molecule has 0 bridgehead atoms. The molecular formula is C29H35ClFN7O4. The van der Waals surface area contributed by atoms with Gasteiger partial charge in [0.15, 0.2) is 5.79 Å². The summed E-state index contributed by atoms with van der Waals surface area (Å²) in [6.45, 7) is 8.79. The highest BCUT2D eigenvalue weighted by molar-refractivity contribution is 6.30. The Kier molecular flexibility index (Phi) is 9.49. The van der Waals surface area contributed by atoms with Crippen LogP contribution in [-0.4, -0.2) is 95.8 Å². The zero-order valence-electron chi connectivity index (χ0n) is 23.9. The molecule has 224 valence electrons. The maximum Gasteiger partial charge on any atom is 0.257 e. The van der Waals surface area contributed by atoms with Crippen LogP contribution in [0, 0.1) is 5.82 Å². The van der Waals surface area contributed by atoms with E-state index in [1.807, 2.05) is 13.8 Å². The smallest absolute Gasteiger partial charge is 0.257 e. The molecule has 2 aliphatic rings. The van der Waals surface area contributed by atoms with Crippen LogP contribution in [0.5, 0.6) is 5.88 Å². The van der Waals surface area contributed by atoms with Crippen LogP contribution in [-0.2, 0) is 14.3 Å². The van der Waals surface area contributed by atoms with Crippen LogP contribution >= 0.6 is 11.6 Å². The fourth-order valence-corrected chi connectivity index (χ4v) is 4.86. The second kappa shape index (κ2) is 13.3. The predicted octanol–water partition coefficient (Wildman–Crippen LogP) is 4.18. The number of hydrogen-bond acceptors (Lipinski definition) is 10. The zero-order chi connectivity index (χ0) is 29.7. The van der Waals surface area contributed by atoms with Crippen molar-refractivity contribution in [2.45, 2.75) is 32.2 Å². The van der Waals surface area contributed by atoms with Crippen molar-refractivity contribution in [1.29, 1.82) is 0 Å². The lowest BCUT2D eigenvalue weighted by Gasteiger charge is -2.32. The van der Waals surface area contributed by atoms with E-state index in [1.165, 1.54) is 18.2 Å². The van der Waals surface area contributed by atoms with Crippen LogP contribution in [0.15, 0.2) is 42.6 Å². The fraction of sp³-hybridized carbons (Fsp3) is 0.448. The van der Waals surface area contributed by atoms with Gasteiger partial charge in [0.05, 0.1) is 12.3 Å². The first-order valence-electron chi connectivity index (χ1n) is 13.8. The molecule has 42 heavy (non-hydrogen) atoms. The number of pyridine rings is 1. The summed E-state index contributed by atoms with van der Waals surface area (Å²) >= 11 is 6.12. The third-order valence-corrected chi connectivity index (χ3v) is 7.23.